The monoisotopic (exact) mass is 282 g/mol. The molecule has 1 aliphatic carbocycles. The smallest absolute Gasteiger partial charge is 0.0586 e. The summed E-state index contributed by atoms with van der Waals surface area (Å²) in [6.45, 7) is 7.19. The Morgan fingerprint density at radius 2 is 1.85 bits per heavy atom. The van der Waals surface area contributed by atoms with Crippen LogP contribution in [0.15, 0.2) is 0 Å². The maximum absolute atomic E-state index is 9.65. The van der Waals surface area contributed by atoms with E-state index in [4.69, 9.17) is 0 Å². The summed E-state index contributed by atoms with van der Waals surface area (Å²) in [6.07, 6.45) is 12.1. The van der Waals surface area contributed by atoms with Crippen molar-refractivity contribution in [3.8, 4) is 0 Å². The van der Waals surface area contributed by atoms with Crippen molar-refractivity contribution in [3.63, 3.8) is 0 Å². The highest BCUT2D eigenvalue weighted by molar-refractivity contribution is 4.89. The van der Waals surface area contributed by atoms with E-state index < -0.39 is 0 Å². The van der Waals surface area contributed by atoms with Crippen molar-refractivity contribution >= 4 is 0 Å². The minimum atomic E-state index is 0.345. The number of likely N-dealkylation sites (tertiary alicyclic amines) is 1. The fourth-order valence-corrected chi connectivity index (χ4v) is 4.17. The van der Waals surface area contributed by atoms with Crippen molar-refractivity contribution in [1.82, 2.24) is 10.2 Å². The first-order valence-electron chi connectivity index (χ1n) is 8.85. The molecule has 0 amide bonds. The van der Waals surface area contributed by atoms with Crippen molar-refractivity contribution in [2.24, 2.45) is 5.41 Å². The van der Waals surface area contributed by atoms with Gasteiger partial charge >= 0.3 is 0 Å². The Labute approximate surface area is 125 Å². The molecule has 2 N–H and O–H groups in total. The van der Waals surface area contributed by atoms with Crippen LogP contribution in [-0.4, -0.2) is 48.8 Å². The number of piperidine rings is 1. The number of nitrogens with zero attached hydrogens (tertiary/aromatic N) is 1. The first-order chi connectivity index (χ1) is 9.79. The van der Waals surface area contributed by atoms with E-state index >= 15 is 0 Å². The summed E-state index contributed by atoms with van der Waals surface area (Å²) < 4.78 is 0. The molecular formula is C17H34N2O. The molecule has 2 fully saturated rings. The van der Waals surface area contributed by atoms with Crippen LogP contribution in [0.5, 0.6) is 0 Å². The lowest BCUT2D eigenvalue weighted by Crippen LogP contribution is -2.50. The molecular weight excluding hydrogens is 248 g/mol. The van der Waals surface area contributed by atoms with Gasteiger partial charge in [0.15, 0.2) is 0 Å². The van der Waals surface area contributed by atoms with Gasteiger partial charge in [0, 0.05) is 19.1 Å². The average molecular weight is 282 g/mol. The first-order valence-corrected chi connectivity index (χ1v) is 8.85. The standard InChI is InChI=1S/C17H34N2O/c1-2-18-14-17(10-6-3-4-7-11-17)15-19-12-8-5-9-16(19)13-20/h16,18,20H,2-15H2,1H3. The zero-order valence-corrected chi connectivity index (χ0v) is 13.4. The second kappa shape index (κ2) is 8.35. The Kier molecular flexibility index (Phi) is 6.79. The molecule has 0 aromatic heterocycles. The van der Waals surface area contributed by atoms with E-state index in [1.807, 2.05) is 0 Å². The van der Waals surface area contributed by atoms with Crippen molar-refractivity contribution in [2.75, 3.05) is 32.8 Å². The lowest BCUT2D eigenvalue weighted by atomic mass is 9.78. The van der Waals surface area contributed by atoms with Crippen LogP contribution in [-0.2, 0) is 0 Å². The van der Waals surface area contributed by atoms with Gasteiger partial charge in [-0.05, 0) is 44.2 Å². The zero-order chi connectivity index (χ0) is 14.3. The van der Waals surface area contributed by atoms with E-state index in [2.05, 4.69) is 17.1 Å². The topological polar surface area (TPSA) is 35.5 Å². The highest BCUT2D eigenvalue weighted by Crippen LogP contribution is 2.36. The minimum Gasteiger partial charge on any atom is -0.395 e. The lowest BCUT2D eigenvalue weighted by Gasteiger charge is -2.43. The molecule has 2 rings (SSSR count). The van der Waals surface area contributed by atoms with Gasteiger partial charge in [-0.3, -0.25) is 4.90 Å². The number of rotatable bonds is 6. The molecule has 0 aromatic rings. The van der Waals surface area contributed by atoms with Crippen LogP contribution in [0.1, 0.15) is 64.7 Å². The molecule has 118 valence electrons. The molecule has 1 atom stereocenters. The Balaban J connectivity index is 2.01. The molecule has 3 nitrogen and oxygen atoms in total. The van der Waals surface area contributed by atoms with Gasteiger partial charge in [-0.15, -0.1) is 0 Å². The van der Waals surface area contributed by atoms with Crippen molar-refractivity contribution in [3.05, 3.63) is 0 Å². The predicted octanol–water partition coefficient (Wildman–Crippen LogP) is 2.78. The quantitative estimate of drug-likeness (QED) is 0.735. The number of hydrogen-bond donors (Lipinski definition) is 2. The van der Waals surface area contributed by atoms with Gasteiger partial charge in [0.1, 0.15) is 0 Å². The van der Waals surface area contributed by atoms with E-state index in [9.17, 15) is 5.11 Å². The van der Waals surface area contributed by atoms with Crippen molar-refractivity contribution in [2.45, 2.75) is 70.8 Å². The molecule has 0 aromatic carbocycles. The maximum Gasteiger partial charge on any atom is 0.0586 e. The highest BCUT2D eigenvalue weighted by Gasteiger charge is 2.35. The van der Waals surface area contributed by atoms with Gasteiger partial charge in [-0.25, -0.2) is 0 Å². The number of nitrogens with one attached hydrogen (secondary N) is 1. The molecule has 1 unspecified atom stereocenters. The maximum atomic E-state index is 9.65. The third-order valence-electron chi connectivity index (χ3n) is 5.41. The molecule has 3 heteroatoms. The second-order valence-electron chi connectivity index (χ2n) is 7.00. The van der Waals surface area contributed by atoms with E-state index in [1.165, 1.54) is 70.9 Å². The molecule has 1 aliphatic heterocycles. The van der Waals surface area contributed by atoms with Gasteiger partial charge in [-0.1, -0.05) is 39.0 Å². The van der Waals surface area contributed by atoms with Crippen LogP contribution in [0.3, 0.4) is 0 Å². The SMILES string of the molecule is CCNCC1(CN2CCCCC2CO)CCCCCC1. The summed E-state index contributed by atoms with van der Waals surface area (Å²) in [4.78, 5) is 2.60. The molecule has 20 heavy (non-hydrogen) atoms. The molecule has 0 bridgehead atoms. The van der Waals surface area contributed by atoms with Crippen LogP contribution < -0.4 is 5.32 Å². The fraction of sp³-hybridized carbons (Fsp3) is 1.00. The summed E-state index contributed by atoms with van der Waals surface area (Å²) >= 11 is 0. The normalized spacial score (nSPS) is 28.2. The number of aliphatic hydroxyl groups excluding tert-OH is 1. The van der Waals surface area contributed by atoms with Gasteiger partial charge in [0.25, 0.3) is 0 Å². The third-order valence-corrected chi connectivity index (χ3v) is 5.41. The number of aliphatic hydroxyl groups is 1. The average Bonchev–Trinajstić information content (AvgIpc) is 2.72. The largest absolute Gasteiger partial charge is 0.395 e. The van der Waals surface area contributed by atoms with Gasteiger partial charge < -0.3 is 10.4 Å². The Morgan fingerprint density at radius 1 is 1.10 bits per heavy atom. The first kappa shape index (κ1) is 16.3. The molecule has 1 heterocycles. The number of hydrogen-bond acceptors (Lipinski definition) is 3. The molecule has 1 saturated carbocycles. The highest BCUT2D eigenvalue weighted by atomic mass is 16.3. The Hall–Kier alpha value is -0.120. The summed E-state index contributed by atoms with van der Waals surface area (Å²) in [5.74, 6) is 0. The summed E-state index contributed by atoms with van der Waals surface area (Å²) in [5, 5.41) is 13.3. The fourth-order valence-electron chi connectivity index (χ4n) is 4.17. The molecule has 0 spiro atoms. The van der Waals surface area contributed by atoms with Crippen LogP contribution in [0.2, 0.25) is 0 Å². The van der Waals surface area contributed by atoms with Gasteiger partial charge in [0.2, 0.25) is 0 Å². The van der Waals surface area contributed by atoms with Crippen LogP contribution in [0.25, 0.3) is 0 Å². The Bertz CT molecular complexity index is 262. The summed E-state index contributed by atoms with van der Waals surface area (Å²) in [6, 6.07) is 0.422. The third kappa shape index (κ3) is 4.44. The van der Waals surface area contributed by atoms with Crippen LogP contribution in [0.4, 0.5) is 0 Å². The lowest BCUT2D eigenvalue weighted by molar-refractivity contribution is 0.0405. The van der Waals surface area contributed by atoms with Crippen molar-refractivity contribution in [1.29, 1.82) is 0 Å². The minimum absolute atomic E-state index is 0.345. The van der Waals surface area contributed by atoms with Crippen molar-refractivity contribution < 1.29 is 5.11 Å². The summed E-state index contributed by atoms with van der Waals surface area (Å²) in [7, 11) is 0. The second-order valence-corrected chi connectivity index (χ2v) is 7.00. The van der Waals surface area contributed by atoms with E-state index in [0.717, 1.165) is 13.1 Å². The molecule has 1 saturated heterocycles. The van der Waals surface area contributed by atoms with Gasteiger partial charge in [0.05, 0.1) is 6.61 Å². The Morgan fingerprint density at radius 3 is 2.50 bits per heavy atom. The van der Waals surface area contributed by atoms with Gasteiger partial charge in [-0.2, -0.15) is 0 Å². The van der Waals surface area contributed by atoms with Crippen LogP contribution in [0, 0.1) is 5.41 Å². The zero-order valence-electron chi connectivity index (χ0n) is 13.4. The van der Waals surface area contributed by atoms with Crippen LogP contribution >= 0.6 is 0 Å². The molecule has 2 aliphatic rings. The van der Waals surface area contributed by atoms with E-state index in [0.29, 0.717) is 18.1 Å². The van der Waals surface area contributed by atoms with E-state index in [-0.39, 0.29) is 0 Å². The molecule has 0 radical (unpaired) electrons. The van der Waals surface area contributed by atoms with E-state index in [1.54, 1.807) is 0 Å². The summed E-state index contributed by atoms with van der Waals surface area (Å²) in [5.41, 5.74) is 0.456. The predicted molar refractivity (Wildman–Crippen MR) is 85.0 cm³/mol.